The Balaban J connectivity index is 2.57. The minimum absolute atomic E-state index is 0.00574. The molecule has 86 valence electrons. The zero-order valence-corrected chi connectivity index (χ0v) is 9.33. The number of phenols is 1. The maximum Gasteiger partial charge on any atom is 0.154 e. The minimum Gasteiger partial charge on any atom is -0.506 e. The third-order valence-electron chi connectivity index (χ3n) is 2.75. The molecule has 2 aromatic rings. The van der Waals surface area contributed by atoms with Crippen LogP contribution in [0.3, 0.4) is 0 Å². The number of fused-ring (bicyclic) bond motifs is 1. The van der Waals surface area contributed by atoms with Gasteiger partial charge in [-0.15, -0.1) is 5.10 Å². The average molecular weight is 221 g/mol. The minimum atomic E-state index is -0.119. The summed E-state index contributed by atoms with van der Waals surface area (Å²) >= 11 is 0. The number of hydrogen-bond donors (Lipinski definition) is 2. The molecule has 0 amide bonds. The normalized spacial score (nSPS) is 13.5. The van der Waals surface area contributed by atoms with Crippen molar-refractivity contribution in [2.45, 2.75) is 19.9 Å². The van der Waals surface area contributed by atoms with E-state index in [9.17, 15) is 10.2 Å². The molecule has 1 aromatic heterocycles. The Bertz CT molecular complexity index is 493. The molecular weight excluding hydrogens is 206 g/mol. The Kier molecular flexibility index (Phi) is 2.78. The number of nitrogens with zero attached hydrogens (tertiary/aromatic N) is 3. The van der Waals surface area contributed by atoms with Crippen LogP contribution < -0.4 is 0 Å². The fourth-order valence-corrected chi connectivity index (χ4v) is 1.76. The molecule has 0 aliphatic heterocycles. The lowest BCUT2D eigenvalue weighted by molar-refractivity contribution is 0.184. The van der Waals surface area contributed by atoms with Crippen LogP contribution in [0.4, 0.5) is 0 Å². The van der Waals surface area contributed by atoms with E-state index in [1.165, 1.54) is 0 Å². The molecule has 2 rings (SSSR count). The Morgan fingerprint density at radius 1 is 1.38 bits per heavy atom. The SMILES string of the molecule is CC(C)C(CO)n1nnc2c(O)cccc21. The maximum absolute atomic E-state index is 9.60. The third kappa shape index (κ3) is 1.63. The van der Waals surface area contributed by atoms with E-state index >= 15 is 0 Å². The van der Waals surface area contributed by atoms with Gasteiger partial charge in [0.05, 0.1) is 18.2 Å². The van der Waals surface area contributed by atoms with Crippen LogP contribution in [0.5, 0.6) is 5.75 Å². The van der Waals surface area contributed by atoms with Gasteiger partial charge in [-0.25, -0.2) is 4.68 Å². The Labute approximate surface area is 93.3 Å². The summed E-state index contributed by atoms with van der Waals surface area (Å²) in [6, 6.07) is 5.03. The van der Waals surface area contributed by atoms with Crippen LogP contribution in [0.1, 0.15) is 19.9 Å². The van der Waals surface area contributed by atoms with E-state index in [2.05, 4.69) is 10.3 Å². The van der Waals surface area contributed by atoms with Crippen LogP contribution in [-0.2, 0) is 0 Å². The monoisotopic (exact) mass is 221 g/mol. The van der Waals surface area contributed by atoms with E-state index in [-0.39, 0.29) is 24.3 Å². The summed E-state index contributed by atoms with van der Waals surface area (Å²) in [5.41, 5.74) is 1.22. The molecule has 1 heterocycles. The van der Waals surface area contributed by atoms with Crippen LogP contribution in [0, 0.1) is 5.92 Å². The zero-order valence-electron chi connectivity index (χ0n) is 9.33. The van der Waals surface area contributed by atoms with Gasteiger partial charge in [-0.3, -0.25) is 0 Å². The van der Waals surface area contributed by atoms with Gasteiger partial charge in [0.2, 0.25) is 0 Å². The first kappa shape index (κ1) is 10.9. The summed E-state index contributed by atoms with van der Waals surface area (Å²) in [5, 5.41) is 26.9. The summed E-state index contributed by atoms with van der Waals surface area (Å²) in [4.78, 5) is 0. The molecule has 0 saturated carbocycles. The molecule has 0 aliphatic carbocycles. The van der Waals surface area contributed by atoms with Crippen LogP contribution in [-0.4, -0.2) is 31.8 Å². The second kappa shape index (κ2) is 4.09. The molecule has 2 N–H and O–H groups in total. The van der Waals surface area contributed by atoms with Crippen molar-refractivity contribution in [3.63, 3.8) is 0 Å². The standard InChI is InChI=1S/C11H15N3O2/c1-7(2)9(6-15)14-8-4-3-5-10(16)11(8)12-13-14/h3-5,7,9,15-16H,6H2,1-2H3. The van der Waals surface area contributed by atoms with Crippen molar-refractivity contribution in [1.29, 1.82) is 0 Å². The molecule has 16 heavy (non-hydrogen) atoms. The second-order valence-electron chi connectivity index (χ2n) is 4.17. The summed E-state index contributed by atoms with van der Waals surface area (Å²) in [7, 11) is 0. The van der Waals surface area contributed by atoms with Gasteiger partial charge < -0.3 is 10.2 Å². The van der Waals surface area contributed by atoms with Crippen molar-refractivity contribution >= 4 is 11.0 Å². The fraction of sp³-hybridized carbons (Fsp3) is 0.455. The lowest BCUT2D eigenvalue weighted by Gasteiger charge is -2.18. The summed E-state index contributed by atoms with van der Waals surface area (Å²) < 4.78 is 1.67. The molecule has 0 aliphatic rings. The first-order chi connectivity index (χ1) is 7.65. The summed E-state index contributed by atoms with van der Waals surface area (Å²) in [5.74, 6) is 0.362. The second-order valence-corrected chi connectivity index (χ2v) is 4.17. The first-order valence-corrected chi connectivity index (χ1v) is 5.29. The van der Waals surface area contributed by atoms with Gasteiger partial charge in [-0.05, 0) is 18.1 Å². The number of benzene rings is 1. The van der Waals surface area contributed by atoms with Crippen molar-refractivity contribution in [3.8, 4) is 5.75 Å². The van der Waals surface area contributed by atoms with Gasteiger partial charge in [-0.1, -0.05) is 25.1 Å². The van der Waals surface area contributed by atoms with E-state index < -0.39 is 0 Å². The summed E-state index contributed by atoms with van der Waals surface area (Å²) in [6.45, 7) is 4.03. The van der Waals surface area contributed by atoms with Gasteiger partial charge in [-0.2, -0.15) is 0 Å². The van der Waals surface area contributed by atoms with Crippen LogP contribution in [0.25, 0.3) is 11.0 Å². The third-order valence-corrected chi connectivity index (χ3v) is 2.75. The average Bonchev–Trinajstić information content (AvgIpc) is 2.64. The van der Waals surface area contributed by atoms with Crippen LogP contribution >= 0.6 is 0 Å². The molecular formula is C11H15N3O2. The van der Waals surface area contributed by atoms with Gasteiger partial charge in [0.1, 0.15) is 5.75 Å². The van der Waals surface area contributed by atoms with Crippen molar-refractivity contribution < 1.29 is 10.2 Å². The smallest absolute Gasteiger partial charge is 0.154 e. The molecule has 1 atom stereocenters. The lowest BCUT2D eigenvalue weighted by Crippen LogP contribution is -2.20. The number of phenolic OH excluding ortho intramolecular Hbond substituents is 1. The number of aliphatic hydroxyl groups is 1. The lowest BCUT2D eigenvalue weighted by atomic mass is 10.1. The topological polar surface area (TPSA) is 71.2 Å². The Morgan fingerprint density at radius 2 is 2.12 bits per heavy atom. The van der Waals surface area contributed by atoms with Crippen molar-refractivity contribution in [1.82, 2.24) is 15.0 Å². The van der Waals surface area contributed by atoms with E-state index in [4.69, 9.17) is 0 Å². The fourth-order valence-electron chi connectivity index (χ4n) is 1.76. The van der Waals surface area contributed by atoms with E-state index in [0.717, 1.165) is 5.52 Å². The number of rotatable bonds is 3. The molecule has 0 saturated heterocycles. The highest BCUT2D eigenvalue weighted by Crippen LogP contribution is 2.26. The number of aromatic nitrogens is 3. The number of hydrogen-bond acceptors (Lipinski definition) is 4. The predicted molar refractivity (Wildman–Crippen MR) is 60.2 cm³/mol. The number of aliphatic hydroxyl groups excluding tert-OH is 1. The molecule has 0 radical (unpaired) electrons. The van der Waals surface area contributed by atoms with Gasteiger partial charge >= 0.3 is 0 Å². The van der Waals surface area contributed by atoms with Gasteiger partial charge in [0.25, 0.3) is 0 Å². The predicted octanol–water partition coefficient (Wildman–Crippen LogP) is 1.33. The van der Waals surface area contributed by atoms with Crippen molar-refractivity contribution in [2.75, 3.05) is 6.61 Å². The Morgan fingerprint density at radius 3 is 2.75 bits per heavy atom. The van der Waals surface area contributed by atoms with Crippen molar-refractivity contribution in [3.05, 3.63) is 18.2 Å². The Hall–Kier alpha value is -1.62. The molecule has 0 bridgehead atoms. The molecule has 5 nitrogen and oxygen atoms in total. The molecule has 0 spiro atoms. The van der Waals surface area contributed by atoms with Gasteiger partial charge in [0, 0.05) is 0 Å². The highest BCUT2D eigenvalue weighted by Gasteiger charge is 2.19. The molecule has 1 unspecified atom stereocenters. The van der Waals surface area contributed by atoms with Crippen molar-refractivity contribution in [2.24, 2.45) is 5.92 Å². The van der Waals surface area contributed by atoms with Gasteiger partial charge in [0.15, 0.2) is 5.52 Å². The summed E-state index contributed by atoms with van der Waals surface area (Å²) in [6.07, 6.45) is 0. The molecule has 1 aromatic carbocycles. The quantitative estimate of drug-likeness (QED) is 0.820. The molecule has 5 heteroatoms. The van der Waals surface area contributed by atoms with E-state index in [1.54, 1.807) is 16.8 Å². The highest BCUT2D eigenvalue weighted by atomic mass is 16.3. The molecule has 0 fully saturated rings. The first-order valence-electron chi connectivity index (χ1n) is 5.29. The highest BCUT2D eigenvalue weighted by molar-refractivity contribution is 5.80. The largest absolute Gasteiger partial charge is 0.506 e. The zero-order chi connectivity index (χ0) is 11.7. The van der Waals surface area contributed by atoms with E-state index in [1.807, 2.05) is 19.9 Å². The van der Waals surface area contributed by atoms with Crippen LogP contribution in [0.15, 0.2) is 18.2 Å². The van der Waals surface area contributed by atoms with E-state index in [0.29, 0.717) is 5.52 Å². The maximum atomic E-state index is 9.60. The van der Waals surface area contributed by atoms with Crippen LogP contribution in [0.2, 0.25) is 0 Å². The number of aromatic hydroxyl groups is 1.